The van der Waals surface area contributed by atoms with E-state index in [2.05, 4.69) is 32.4 Å². The maximum absolute atomic E-state index is 6.06. The van der Waals surface area contributed by atoms with Crippen molar-refractivity contribution in [3.8, 4) is 0 Å². The summed E-state index contributed by atoms with van der Waals surface area (Å²) in [5, 5.41) is 10.3. The molecule has 0 aliphatic rings. The molecule has 6 heteroatoms. The number of halogens is 1. The number of aromatic nitrogens is 4. The van der Waals surface area contributed by atoms with Gasteiger partial charge in [-0.3, -0.25) is 5.10 Å². The Morgan fingerprint density at radius 1 is 1.47 bits per heavy atom. The van der Waals surface area contributed by atoms with E-state index in [0.29, 0.717) is 11.7 Å². The summed E-state index contributed by atoms with van der Waals surface area (Å²) in [5.74, 6) is 0.959. The van der Waals surface area contributed by atoms with Crippen LogP contribution in [0.15, 0.2) is 12.4 Å². The predicted molar refractivity (Wildman–Crippen MR) is 68.1 cm³/mol. The highest BCUT2D eigenvalue weighted by Gasteiger charge is 2.07. The summed E-state index contributed by atoms with van der Waals surface area (Å²) >= 11 is 6.06. The van der Waals surface area contributed by atoms with Crippen LogP contribution in [0.2, 0.25) is 5.15 Å². The number of rotatable bonds is 6. The van der Waals surface area contributed by atoms with Crippen molar-refractivity contribution in [1.29, 1.82) is 0 Å². The molecule has 2 aromatic rings. The number of hydrogen-bond donors (Lipinski definition) is 3. The smallest absolute Gasteiger partial charge is 0.152 e. The Balaban J connectivity index is 1.93. The quantitative estimate of drug-likeness (QED) is 0.741. The molecule has 0 fully saturated rings. The molecule has 2 heterocycles. The third-order valence-corrected chi connectivity index (χ3v) is 2.82. The summed E-state index contributed by atoms with van der Waals surface area (Å²) in [4.78, 5) is 7.54. The first-order valence-corrected chi connectivity index (χ1v) is 6.13. The third kappa shape index (κ3) is 3.23. The molecule has 0 saturated carbocycles. The number of hydrogen-bond acceptors (Lipinski definition) is 3. The minimum absolute atomic E-state index is 0.548. The van der Waals surface area contributed by atoms with Gasteiger partial charge in [-0.15, -0.1) is 0 Å². The zero-order valence-corrected chi connectivity index (χ0v) is 10.5. The zero-order valence-electron chi connectivity index (χ0n) is 9.76. The van der Waals surface area contributed by atoms with Crippen molar-refractivity contribution in [3.63, 3.8) is 0 Å². The lowest BCUT2D eigenvalue weighted by atomic mass is 10.2. The van der Waals surface area contributed by atoms with Crippen LogP contribution in [0.3, 0.4) is 0 Å². The number of aromatic amines is 2. The monoisotopic (exact) mass is 253 g/mol. The number of unbranched alkanes of at least 4 members (excludes halogenated alkanes) is 1. The van der Waals surface area contributed by atoms with Crippen molar-refractivity contribution < 1.29 is 0 Å². The second kappa shape index (κ2) is 5.72. The maximum atomic E-state index is 6.06. The Morgan fingerprint density at radius 3 is 3.06 bits per heavy atom. The molecule has 5 nitrogen and oxygen atoms in total. The van der Waals surface area contributed by atoms with Gasteiger partial charge < -0.3 is 10.3 Å². The van der Waals surface area contributed by atoms with Crippen LogP contribution in [0.5, 0.6) is 0 Å². The summed E-state index contributed by atoms with van der Waals surface area (Å²) < 4.78 is 0. The molecule has 0 aromatic carbocycles. The highest BCUT2D eigenvalue weighted by atomic mass is 35.5. The average molecular weight is 254 g/mol. The molecule has 0 unspecified atom stereocenters. The predicted octanol–water partition coefficient (Wildman–Crippen LogP) is 2.74. The van der Waals surface area contributed by atoms with Crippen molar-refractivity contribution in [2.45, 2.75) is 32.7 Å². The van der Waals surface area contributed by atoms with Crippen LogP contribution in [-0.2, 0) is 13.0 Å². The first-order chi connectivity index (χ1) is 8.29. The van der Waals surface area contributed by atoms with Gasteiger partial charge >= 0.3 is 0 Å². The van der Waals surface area contributed by atoms with Crippen molar-refractivity contribution in [2.24, 2.45) is 0 Å². The Hall–Kier alpha value is -1.49. The van der Waals surface area contributed by atoms with Crippen LogP contribution < -0.4 is 5.32 Å². The highest BCUT2D eigenvalue weighted by molar-refractivity contribution is 6.30. The van der Waals surface area contributed by atoms with Crippen LogP contribution in [-0.4, -0.2) is 20.2 Å². The maximum Gasteiger partial charge on any atom is 0.152 e. The van der Waals surface area contributed by atoms with E-state index < -0.39 is 0 Å². The lowest BCUT2D eigenvalue weighted by Crippen LogP contribution is -1.99. The lowest BCUT2D eigenvalue weighted by molar-refractivity contribution is 0.760. The van der Waals surface area contributed by atoms with Gasteiger partial charge in [0.15, 0.2) is 5.15 Å². The fraction of sp³-hybridized carbons (Fsp3) is 0.455. The fourth-order valence-electron chi connectivity index (χ4n) is 1.56. The van der Waals surface area contributed by atoms with Crippen LogP contribution in [0, 0.1) is 0 Å². The molecule has 0 aliphatic heterocycles. The van der Waals surface area contributed by atoms with Crippen molar-refractivity contribution in [1.82, 2.24) is 20.2 Å². The minimum Gasteiger partial charge on any atom is -0.377 e. The number of aryl methyl sites for hydroxylation is 1. The van der Waals surface area contributed by atoms with E-state index in [1.54, 1.807) is 12.4 Å². The second-order valence-electron chi connectivity index (χ2n) is 3.90. The number of H-pyrrole nitrogens is 2. The van der Waals surface area contributed by atoms with E-state index in [0.717, 1.165) is 36.5 Å². The van der Waals surface area contributed by atoms with Crippen molar-refractivity contribution in [3.05, 3.63) is 29.1 Å². The van der Waals surface area contributed by atoms with Gasteiger partial charge in [0.2, 0.25) is 0 Å². The molecule has 0 atom stereocenters. The number of nitrogens with one attached hydrogen (secondary N) is 3. The van der Waals surface area contributed by atoms with Gasteiger partial charge in [-0.2, -0.15) is 5.10 Å². The van der Waals surface area contributed by atoms with E-state index in [1.807, 2.05) is 0 Å². The molecular weight excluding hydrogens is 238 g/mol. The average Bonchev–Trinajstić information content (AvgIpc) is 2.93. The topological polar surface area (TPSA) is 69.4 Å². The summed E-state index contributed by atoms with van der Waals surface area (Å²) in [6, 6.07) is 0. The van der Waals surface area contributed by atoms with Gasteiger partial charge in [-0.25, -0.2) is 4.98 Å². The van der Waals surface area contributed by atoms with Crippen LogP contribution in [0.4, 0.5) is 5.69 Å². The number of nitrogens with zero attached hydrogens (tertiary/aromatic N) is 2. The number of anilines is 1. The summed E-state index contributed by atoms with van der Waals surface area (Å²) in [6.45, 7) is 2.78. The van der Waals surface area contributed by atoms with Gasteiger partial charge in [0.25, 0.3) is 0 Å². The van der Waals surface area contributed by atoms with Crippen LogP contribution >= 0.6 is 11.6 Å². The molecule has 0 saturated heterocycles. The molecule has 0 bridgehead atoms. The van der Waals surface area contributed by atoms with Gasteiger partial charge in [-0.05, 0) is 6.42 Å². The largest absolute Gasteiger partial charge is 0.377 e. The molecule has 0 radical (unpaired) electrons. The van der Waals surface area contributed by atoms with Crippen molar-refractivity contribution in [2.75, 3.05) is 5.32 Å². The SMILES string of the molecule is CCCCc1nc(Cl)c(CNc2cn[nH]c2)[nH]1. The highest BCUT2D eigenvalue weighted by Crippen LogP contribution is 2.15. The fourth-order valence-corrected chi connectivity index (χ4v) is 1.77. The molecule has 0 spiro atoms. The van der Waals surface area contributed by atoms with Gasteiger partial charge in [-0.1, -0.05) is 24.9 Å². The Bertz CT molecular complexity index is 448. The molecule has 3 N–H and O–H groups in total. The standard InChI is InChI=1S/C11H16ClN5/c1-2-3-4-10-16-9(11(12)17-10)7-13-8-5-14-15-6-8/h5-6,13H,2-4,7H2,1H3,(H,14,15)(H,16,17). The second-order valence-corrected chi connectivity index (χ2v) is 4.25. The normalized spacial score (nSPS) is 10.7. The Morgan fingerprint density at radius 2 is 2.35 bits per heavy atom. The van der Waals surface area contributed by atoms with E-state index in [4.69, 9.17) is 11.6 Å². The molecule has 2 aromatic heterocycles. The number of imidazole rings is 1. The van der Waals surface area contributed by atoms with E-state index in [9.17, 15) is 0 Å². The van der Waals surface area contributed by atoms with E-state index >= 15 is 0 Å². The van der Waals surface area contributed by atoms with E-state index in [-0.39, 0.29) is 0 Å². The molecule has 17 heavy (non-hydrogen) atoms. The first kappa shape index (κ1) is 12.0. The minimum atomic E-state index is 0.548. The van der Waals surface area contributed by atoms with Crippen LogP contribution in [0.1, 0.15) is 31.3 Å². The lowest BCUT2D eigenvalue weighted by Gasteiger charge is -2.00. The van der Waals surface area contributed by atoms with Gasteiger partial charge in [0.05, 0.1) is 24.1 Å². The molecule has 0 amide bonds. The third-order valence-electron chi connectivity index (χ3n) is 2.51. The molecule has 2 rings (SSSR count). The van der Waals surface area contributed by atoms with Crippen LogP contribution in [0.25, 0.3) is 0 Å². The van der Waals surface area contributed by atoms with E-state index in [1.165, 1.54) is 0 Å². The summed E-state index contributed by atoms with van der Waals surface area (Å²) in [6.07, 6.45) is 6.74. The summed E-state index contributed by atoms with van der Waals surface area (Å²) in [7, 11) is 0. The molecule has 92 valence electrons. The summed E-state index contributed by atoms with van der Waals surface area (Å²) in [5.41, 5.74) is 1.85. The zero-order chi connectivity index (χ0) is 12.1. The Labute approximate surface area is 105 Å². The van der Waals surface area contributed by atoms with Gasteiger partial charge in [0.1, 0.15) is 5.82 Å². The van der Waals surface area contributed by atoms with Gasteiger partial charge in [0, 0.05) is 12.6 Å². The molecular formula is C11H16ClN5. The van der Waals surface area contributed by atoms with Crippen molar-refractivity contribution >= 4 is 17.3 Å². The molecule has 0 aliphatic carbocycles. The first-order valence-electron chi connectivity index (χ1n) is 5.75. The Kier molecular flexibility index (Phi) is 4.03.